The van der Waals surface area contributed by atoms with Crippen molar-refractivity contribution in [2.75, 3.05) is 6.54 Å². The molecule has 2 aromatic rings. The number of nitrogens with one attached hydrogen (secondary N) is 1. The van der Waals surface area contributed by atoms with Crippen molar-refractivity contribution in [3.63, 3.8) is 0 Å². The van der Waals surface area contributed by atoms with Crippen molar-refractivity contribution in [3.8, 4) is 0 Å². The number of halogens is 1. The monoisotopic (exact) mass is 368 g/mol. The lowest BCUT2D eigenvalue weighted by Crippen LogP contribution is -2.45. The number of carbonyl (C=O) groups excluding carboxylic acids is 1. The molecule has 1 amide bonds. The molecule has 1 saturated heterocycles. The summed E-state index contributed by atoms with van der Waals surface area (Å²) in [5.41, 5.74) is 0. The van der Waals surface area contributed by atoms with E-state index in [-0.39, 0.29) is 17.3 Å². The van der Waals surface area contributed by atoms with Gasteiger partial charge in [0, 0.05) is 11.4 Å². The van der Waals surface area contributed by atoms with E-state index in [1.165, 1.54) is 29.5 Å². The van der Waals surface area contributed by atoms with Gasteiger partial charge in [0.25, 0.3) is 0 Å². The molecule has 1 atom stereocenters. The van der Waals surface area contributed by atoms with Crippen molar-refractivity contribution in [3.05, 3.63) is 52.5 Å². The Morgan fingerprint density at radius 2 is 2.08 bits per heavy atom. The van der Waals surface area contributed by atoms with Crippen molar-refractivity contribution >= 4 is 27.3 Å². The van der Waals surface area contributed by atoms with Crippen LogP contribution in [0.3, 0.4) is 0 Å². The summed E-state index contributed by atoms with van der Waals surface area (Å²) in [6.45, 7) is 0.578. The Morgan fingerprint density at radius 1 is 1.29 bits per heavy atom. The first-order valence-electron chi connectivity index (χ1n) is 7.56. The fourth-order valence-corrected chi connectivity index (χ4v) is 5.14. The standard InChI is InChI=1S/C16H17FN2O3S2/c17-13-6-1-2-8-15(13)24(21,22)19-9-3-7-14(19)16(20)18-11-12-5-4-10-23-12/h1-2,4-6,8,10,14H,3,7,9,11H2,(H,18,20)/t14-/m0/s1. The van der Waals surface area contributed by atoms with Crippen LogP contribution in [-0.4, -0.2) is 31.2 Å². The predicted octanol–water partition coefficient (Wildman–Crippen LogP) is 2.36. The fraction of sp³-hybridized carbons (Fsp3) is 0.312. The highest BCUT2D eigenvalue weighted by Gasteiger charge is 2.40. The summed E-state index contributed by atoms with van der Waals surface area (Å²) in [5, 5.41) is 4.68. The zero-order valence-corrected chi connectivity index (χ0v) is 14.4. The van der Waals surface area contributed by atoms with Crippen LogP contribution < -0.4 is 5.32 Å². The molecule has 2 heterocycles. The van der Waals surface area contributed by atoms with Gasteiger partial charge < -0.3 is 5.32 Å². The lowest BCUT2D eigenvalue weighted by molar-refractivity contribution is -0.124. The molecule has 5 nitrogen and oxygen atoms in total. The molecule has 3 rings (SSSR count). The van der Waals surface area contributed by atoms with Gasteiger partial charge in [-0.25, -0.2) is 12.8 Å². The highest BCUT2D eigenvalue weighted by Crippen LogP contribution is 2.27. The second kappa shape index (κ2) is 7.00. The molecule has 0 bridgehead atoms. The number of benzene rings is 1. The van der Waals surface area contributed by atoms with Gasteiger partial charge in [0.1, 0.15) is 16.8 Å². The molecule has 0 aliphatic carbocycles. The Labute approximate surface area is 144 Å². The van der Waals surface area contributed by atoms with Crippen molar-refractivity contribution in [2.24, 2.45) is 0 Å². The zero-order chi connectivity index (χ0) is 17.2. The quantitative estimate of drug-likeness (QED) is 0.881. The van der Waals surface area contributed by atoms with Gasteiger partial charge in [-0.1, -0.05) is 18.2 Å². The van der Waals surface area contributed by atoms with Gasteiger partial charge in [-0.3, -0.25) is 4.79 Å². The van der Waals surface area contributed by atoms with E-state index < -0.39 is 21.9 Å². The molecule has 8 heteroatoms. The van der Waals surface area contributed by atoms with E-state index in [9.17, 15) is 17.6 Å². The van der Waals surface area contributed by atoms with Crippen molar-refractivity contribution in [2.45, 2.75) is 30.3 Å². The highest BCUT2D eigenvalue weighted by molar-refractivity contribution is 7.89. The minimum absolute atomic E-state index is 0.216. The van der Waals surface area contributed by atoms with Crippen LogP contribution in [0.15, 0.2) is 46.7 Å². The van der Waals surface area contributed by atoms with E-state index in [2.05, 4.69) is 5.32 Å². The van der Waals surface area contributed by atoms with Crippen LogP contribution in [0.25, 0.3) is 0 Å². The third-order valence-corrected chi connectivity index (χ3v) is 6.76. The van der Waals surface area contributed by atoms with Crippen LogP contribution in [0.4, 0.5) is 4.39 Å². The highest BCUT2D eigenvalue weighted by atomic mass is 32.2. The molecular weight excluding hydrogens is 351 g/mol. The van der Waals surface area contributed by atoms with Gasteiger partial charge >= 0.3 is 0 Å². The summed E-state index contributed by atoms with van der Waals surface area (Å²) < 4.78 is 40.4. The Kier molecular flexibility index (Phi) is 4.98. The fourth-order valence-electron chi connectivity index (χ4n) is 2.78. The minimum atomic E-state index is -4.04. The molecule has 0 spiro atoms. The Balaban J connectivity index is 1.77. The molecule has 1 aromatic heterocycles. The summed E-state index contributed by atoms with van der Waals surface area (Å²) >= 11 is 1.52. The van der Waals surface area contributed by atoms with Crippen molar-refractivity contribution in [1.29, 1.82) is 0 Å². The molecule has 1 aliphatic heterocycles. The van der Waals surface area contributed by atoms with Crippen LogP contribution in [-0.2, 0) is 21.4 Å². The van der Waals surface area contributed by atoms with E-state index in [1.54, 1.807) is 0 Å². The summed E-state index contributed by atoms with van der Waals surface area (Å²) in [5.74, 6) is -1.15. The van der Waals surface area contributed by atoms with Crippen LogP contribution in [0, 0.1) is 5.82 Å². The maximum absolute atomic E-state index is 13.9. The number of carbonyl (C=O) groups is 1. The number of rotatable bonds is 5. The number of hydrogen-bond donors (Lipinski definition) is 1. The van der Waals surface area contributed by atoms with Crippen molar-refractivity contribution < 1.29 is 17.6 Å². The lowest BCUT2D eigenvalue weighted by atomic mass is 10.2. The van der Waals surface area contributed by atoms with Gasteiger partial charge in [0.2, 0.25) is 15.9 Å². The molecule has 1 aliphatic rings. The molecule has 1 N–H and O–H groups in total. The molecule has 1 fully saturated rings. The number of hydrogen-bond acceptors (Lipinski definition) is 4. The van der Waals surface area contributed by atoms with Crippen LogP contribution in [0.1, 0.15) is 17.7 Å². The van der Waals surface area contributed by atoms with E-state index in [0.717, 1.165) is 15.2 Å². The number of nitrogens with zero attached hydrogens (tertiary/aromatic N) is 1. The summed E-state index contributed by atoms with van der Waals surface area (Å²) in [7, 11) is -4.04. The lowest BCUT2D eigenvalue weighted by Gasteiger charge is -2.23. The maximum Gasteiger partial charge on any atom is 0.246 e. The molecule has 128 valence electrons. The van der Waals surface area contributed by atoms with E-state index in [4.69, 9.17) is 0 Å². The van der Waals surface area contributed by atoms with E-state index in [1.807, 2.05) is 17.5 Å². The number of thiophene rings is 1. The van der Waals surface area contributed by atoms with Crippen molar-refractivity contribution in [1.82, 2.24) is 9.62 Å². The van der Waals surface area contributed by atoms with Crippen LogP contribution in [0.5, 0.6) is 0 Å². The molecule has 0 radical (unpaired) electrons. The third kappa shape index (κ3) is 3.35. The van der Waals surface area contributed by atoms with Gasteiger partial charge in [-0.05, 0) is 36.4 Å². The molecule has 24 heavy (non-hydrogen) atoms. The number of amides is 1. The normalized spacial score (nSPS) is 18.6. The Hall–Kier alpha value is -1.77. The average Bonchev–Trinajstić information content (AvgIpc) is 3.24. The molecular formula is C16H17FN2O3S2. The van der Waals surface area contributed by atoms with Crippen LogP contribution >= 0.6 is 11.3 Å². The topological polar surface area (TPSA) is 66.5 Å². The van der Waals surface area contributed by atoms with Gasteiger partial charge in [-0.2, -0.15) is 4.31 Å². The Morgan fingerprint density at radius 3 is 2.79 bits per heavy atom. The Bertz CT molecular complexity index is 822. The molecule has 0 unspecified atom stereocenters. The zero-order valence-electron chi connectivity index (χ0n) is 12.8. The summed E-state index contributed by atoms with van der Waals surface area (Å²) in [6.07, 6.45) is 1.01. The first-order chi connectivity index (χ1) is 11.5. The average molecular weight is 368 g/mol. The van der Waals surface area contributed by atoms with E-state index >= 15 is 0 Å². The minimum Gasteiger partial charge on any atom is -0.350 e. The number of sulfonamides is 1. The van der Waals surface area contributed by atoms with Crippen LogP contribution in [0.2, 0.25) is 0 Å². The predicted molar refractivity (Wildman–Crippen MR) is 89.5 cm³/mol. The van der Waals surface area contributed by atoms with Gasteiger partial charge in [-0.15, -0.1) is 11.3 Å². The maximum atomic E-state index is 13.9. The second-order valence-corrected chi connectivity index (χ2v) is 8.39. The molecule has 1 aromatic carbocycles. The summed E-state index contributed by atoms with van der Waals surface area (Å²) in [4.78, 5) is 13.0. The summed E-state index contributed by atoms with van der Waals surface area (Å²) in [6, 6.07) is 8.22. The van der Waals surface area contributed by atoms with E-state index in [0.29, 0.717) is 19.4 Å². The molecule has 0 saturated carbocycles. The van der Waals surface area contributed by atoms with Gasteiger partial charge in [0.05, 0.1) is 6.54 Å². The second-order valence-electron chi connectivity index (χ2n) is 5.50. The third-order valence-electron chi connectivity index (χ3n) is 3.95. The SMILES string of the molecule is O=C(NCc1cccs1)[C@@H]1CCCN1S(=O)(=O)c1ccccc1F. The first kappa shape index (κ1) is 17.1. The largest absolute Gasteiger partial charge is 0.350 e. The smallest absolute Gasteiger partial charge is 0.246 e. The van der Waals surface area contributed by atoms with Gasteiger partial charge in [0.15, 0.2) is 0 Å². The first-order valence-corrected chi connectivity index (χ1v) is 9.88.